The maximum Gasteiger partial charge on any atom is 0.386 e. The van der Waals surface area contributed by atoms with E-state index >= 15 is 0 Å². The predicted molar refractivity (Wildman–Crippen MR) is 111 cm³/mol. The Kier molecular flexibility index (Phi) is 7.55. The van der Waals surface area contributed by atoms with Crippen molar-refractivity contribution in [3.8, 4) is 6.07 Å². The molecule has 2 aromatic rings. The summed E-state index contributed by atoms with van der Waals surface area (Å²) >= 11 is 0. The summed E-state index contributed by atoms with van der Waals surface area (Å²) in [7, 11) is 0. The zero-order valence-corrected chi connectivity index (χ0v) is 17.3. The Morgan fingerprint density at radius 3 is 2.37 bits per heavy atom. The van der Waals surface area contributed by atoms with Gasteiger partial charge in [0, 0.05) is 0 Å². The summed E-state index contributed by atoms with van der Waals surface area (Å²) in [5.74, 6) is 0.0725. The Balaban J connectivity index is 1.58. The van der Waals surface area contributed by atoms with Crippen molar-refractivity contribution in [1.82, 2.24) is 0 Å². The van der Waals surface area contributed by atoms with Crippen molar-refractivity contribution in [2.24, 2.45) is 5.92 Å². The van der Waals surface area contributed by atoms with E-state index in [1.165, 1.54) is 25.0 Å². The van der Waals surface area contributed by atoms with Gasteiger partial charge < -0.3 is 4.74 Å². The maximum absolute atomic E-state index is 14.5. The first-order valence-corrected chi connectivity index (χ1v) is 10.7. The number of nitriles is 1. The van der Waals surface area contributed by atoms with E-state index < -0.39 is 17.5 Å². The second kappa shape index (κ2) is 10.1. The van der Waals surface area contributed by atoms with Crippen molar-refractivity contribution < 1.29 is 17.9 Å². The lowest BCUT2D eigenvalue weighted by molar-refractivity contribution is -0.249. The largest absolute Gasteiger partial charge is 0.386 e. The molecule has 0 atom stereocenters. The van der Waals surface area contributed by atoms with E-state index in [-0.39, 0.29) is 18.9 Å². The molecule has 0 amide bonds. The van der Waals surface area contributed by atoms with Crippen LogP contribution < -0.4 is 0 Å². The van der Waals surface area contributed by atoms with E-state index in [9.17, 15) is 13.2 Å². The highest BCUT2D eigenvalue weighted by Gasteiger charge is 2.36. The van der Waals surface area contributed by atoms with Gasteiger partial charge in [0.1, 0.15) is 5.82 Å². The average molecular weight is 415 g/mol. The van der Waals surface area contributed by atoms with Crippen molar-refractivity contribution in [3.05, 3.63) is 70.5 Å². The standard InChI is InChI=1S/C25H28F3NO/c1-2-3-18-8-10-21(11-9-18)22-12-13-23(24(26)16-22)25(27,28)30-15-14-19-4-6-20(17-29)7-5-19/h4-7,12-13,16,18,21H,2-3,8-11,14-15H2,1H3. The summed E-state index contributed by atoms with van der Waals surface area (Å²) in [5.41, 5.74) is 1.37. The summed E-state index contributed by atoms with van der Waals surface area (Å²) in [6.07, 6.45) is 3.19. The minimum Gasteiger partial charge on any atom is -0.316 e. The zero-order valence-electron chi connectivity index (χ0n) is 17.3. The molecule has 2 nitrogen and oxygen atoms in total. The highest BCUT2D eigenvalue weighted by Crippen LogP contribution is 2.39. The average Bonchev–Trinajstić information content (AvgIpc) is 2.74. The van der Waals surface area contributed by atoms with Crippen LogP contribution in [-0.2, 0) is 17.3 Å². The van der Waals surface area contributed by atoms with Gasteiger partial charge in [0.2, 0.25) is 0 Å². The first kappa shape index (κ1) is 22.4. The Bertz CT molecular complexity index is 865. The van der Waals surface area contributed by atoms with Gasteiger partial charge in [-0.15, -0.1) is 0 Å². The second-order valence-corrected chi connectivity index (χ2v) is 8.17. The number of hydrogen-bond donors (Lipinski definition) is 0. The van der Waals surface area contributed by atoms with E-state index in [1.54, 1.807) is 30.3 Å². The molecule has 3 rings (SSSR count). The smallest absolute Gasteiger partial charge is 0.316 e. The molecule has 160 valence electrons. The number of alkyl halides is 2. The van der Waals surface area contributed by atoms with Crippen LogP contribution in [0.25, 0.3) is 0 Å². The normalized spacial score (nSPS) is 19.4. The molecule has 5 heteroatoms. The highest BCUT2D eigenvalue weighted by atomic mass is 19.3. The van der Waals surface area contributed by atoms with Gasteiger partial charge >= 0.3 is 6.11 Å². The molecule has 30 heavy (non-hydrogen) atoms. The van der Waals surface area contributed by atoms with Crippen molar-refractivity contribution in [2.75, 3.05) is 6.61 Å². The van der Waals surface area contributed by atoms with Crippen LogP contribution >= 0.6 is 0 Å². The topological polar surface area (TPSA) is 33.0 Å². The predicted octanol–water partition coefficient (Wildman–Crippen LogP) is 7.08. The van der Waals surface area contributed by atoms with E-state index in [0.29, 0.717) is 5.56 Å². The molecule has 0 aromatic heterocycles. The molecule has 2 aromatic carbocycles. The third-order valence-corrected chi connectivity index (χ3v) is 6.08. The fourth-order valence-corrected chi connectivity index (χ4v) is 4.33. The van der Waals surface area contributed by atoms with Crippen LogP contribution in [0.4, 0.5) is 13.2 Å². The molecule has 1 aliphatic rings. The van der Waals surface area contributed by atoms with Crippen molar-refractivity contribution >= 4 is 0 Å². The molecule has 0 saturated heterocycles. The van der Waals surface area contributed by atoms with Crippen molar-refractivity contribution in [1.29, 1.82) is 5.26 Å². The monoisotopic (exact) mass is 415 g/mol. The van der Waals surface area contributed by atoms with Gasteiger partial charge in [-0.3, -0.25) is 0 Å². The van der Waals surface area contributed by atoms with Gasteiger partial charge in [-0.1, -0.05) is 38.0 Å². The second-order valence-electron chi connectivity index (χ2n) is 8.17. The Labute approximate surface area is 176 Å². The molecule has 0 aliphatic heterocycles. The van der Waals surface area contributed by atoms with Gasteiger partial charge in [-0.25, -0.2) is 4.39 Å². The fourth-order valence-electron chi connectivity index (χ4n) is 4.33. The van der Waals surface area contributed by atoms with Crippen LogP contribution in [0.15, 0.2) is 42.5 Å². The molecule has 0 bridgehead atoms. The van der Waals surface area contributed by atoms with Gasteiger partial charge in [-0.2, -0.15) is 14.0 Å². The number of rotatable bonds is 8. The maximum atomic E-state index is 14.5. The lowest BCUT2D eigenvalue weighted by atomic mass is 9.77. The summed E-state index contributed by atoms with van der Waals surface area (Å²) in [4.78, 5) is 0. The molecule has 0 radical (unpaired) electrons. The van der Waals surface area contributed by atoms with Crippen LogP contribution in [0, 0.1) is 23.1 Å². The molecular weight excluding hydrogens is 387 g/mol. The number of nitrogens with zero attached hydrogens (tertiary/aromatic N) is 1. The van der Waals surface area contributed by atoms with E-state index in [2.05, 4.69) is 6.92 Å². The van der Waals surface area contributed by atoms with Crippen LogP contribution in [0.1, 0.15) is 73.6 Å². The summed E-state index contributed by atoms with van der Waals surface area (Å²) in [6, 6.07) is 12.7. The number of benzene rings is 2. The van der Waals surface area contributed by atoms with Gasteiger partial charge in [0.05, 0.1) is 23.8 Å². The molecule has 0 spiro atoms. The van der Waals surface area contributed by atoms with Crippen molar-refractivity contribution in [3.63, 3.8) is 0 Å². The minimum absolute atomic E-state index is 0.243. The van der Waals surface area contributed by atoms with Gasteiger partial charge in [0.15, 0.2) is 0 Å². The quantitative estimate of drug-likeness (QED) is 0.461. The molecule has 0 N–H and O–H groups in total. The molecule has 1 saturated carbocycles. The van der Waals surface area contributed by atoms with Gasteiger partial charge in [0.25, 0.3) is 0 Å². The van der Waals surface area contributed by atoms with Crippen molar-refractivity contribution in [2.45, 2.75) is 63.9 Å². The third kappa shape index (κ3) is 5.64. The van der Waals surface area contributed by atoms with Crippen LogP contribution in [0.2, 0.25) is 0 Å². The van der Waals surface area contributed by atoms with Crippen LogP contribution in [-0.4, -0.2) is 6.61 Å². The van der Waals surface area contributed by atoms with E-state index in [0.717, 1.165) is 42.7 Å². The fraction of sp³-hybridized carbons (Fsp3) is 0.480. The number of ether oxygens (including phenoxy) is 1. The van der Waals surface area contributed by atoms with Crippen LogP contribution in [0.3, 0.4) is 0 Å². The molecule has 0 heterocycles. The Morgan fingerprint density at radius 2 is 1.77 bits per heavy atom. The summed E-state index contributed by atoms with van der Waals surface area (Å²) < 4.78 is 48.2. The molecule has 1 fully saturated rings. The first-order valence-electron chi connectivity index (χ1n) is 10.7. The zero-order chi connectivity index (χ0) is 21.6. The highest BCUT2D eigenvalue weighted by molar-refractivity contribution is 5.32. The first-order chi connectivity index (χ1) is 14.4. The lowest BCUT2D eigenvalue weighted by Gasteiger charge is -2.29. The molecular formula is C25H28F3NO. The number of hydrogen-bond acceptors (Lipinski definition) is 2. The number of halogens is 3. The molecule has 0 unspecified atom stereocenters. The SMILES string of the molecule is CCCC1CCC(c2ccc(C(F)(F)OCCc3ccc(C#N)cc3)c(F)c2)CC1. The Morgan fingerprint density at radius 1 is 1.07 bits per heavy atom. The minimum atomic E-state index is -3.69. The van der Waals surface area contributed by atoms with E-state index in [4.69, 9.17) is 10.00 Å². The van der Waals surface area contributed by atoms with Gasteiger partial charge in [-0.05, 0) is 79.3 Å². The van der Waals surface area contributed by atoms with Crippen LogP contribution in [0.5, 0.6) is 0 Å². The summed E-state index contributed by atoms with van der Waals surface area (Å²) in [5, 5.41) is 8.79. The van der Waals surface area contributed by atoms with E-state index in [1.807, 2.05) is 6.07 Å². The lowest BCUT2D eigenvalue weighted by Crippen LogP contribution is -2.22. The Hall–Kier alpha value is -2.32. The molecule has 1 aliphatic carbocycles. The third-order valence-electron chi connectivity index (χ3n) is 6.08. The summed E-state index contributed by atoms with van der Waals surface area (Å²) in [6.45, 7) is 1.94.